The van der Waals surface area contributed by atoms with Gasteiger partial charge in [0.2, 0.25) is 0 Å². The van der Waals surface area contributed by atoms with Crippen LogP contribution in [0.25, 0.3) is 11.1 Å². The first kappa shape index (κ1) is 47.0. The minimum Gasteiger partial charge on any atom is -0.433 e. The molecule has 0 radical (unpaired) electrons. The van der Waals surface area contributed by atoms with Crippen molar-refractivity contribution in [1.29, 1.82) is 0 Å². The molecular weight excluding hydrogens is 868 g/mol. The molecule has 5 atom stereocenters. The molecular formula is C45H51Cl3NO11P. The van der Waals surface area contributed by atoms with E-state index in [4.69, 9.17) is 72.1 Å². The third-order valence-electron chi connectivity index (χ3n) is 10.2. The number of phosphoric ester groups is 1. The number of unbranched alkanes of at least 4 members (excludes halogenated alkanes) is 2. The van der Waals surface area contributed by atoms with Crippen molar-refractivity contribution in [3.8, 4) is 11.1 Å². The van der Waals surface area contributed by atoms with Crippen molar-refractivity contribution in [3.05, 3.63) is 131 Å². The number of rotatable bonds is 21. The Hall–Kier alpha value is -3.52. The fourth-order valence-electron chi connectivity index (χ4n) is 7.09. The zero-order valence-corrected chi connectivity index (χ0v) is 37.2. The molecule has 1 heterocycles. The van der Waals surface area contributed by atoms with Crippen LogP contribution in [-0.2, 0) is 59.8 Å². The zero-order chi connectivity index (χ0) is 43.2. The normalized spacial score (nSPS) is 20.1. The molecule has 1 aliphatic carbocycles. The summed E-state index contributed by atoms with van der Waals surface area (Å²) in [5, 5.41) is 2.60. The lowest BCUT2D eigenvalue weighted by molar-refractivity contribution is -0.265. The first-order valence-corrected chi connectivity index (χ1v) is 23.0. The average Bonchev–Trinajstić information content (AvgIpc) is 3.57. The van der Waals surface area contributed by atoms with Gasteiger partial charge in [0.05, 0.1) is 33.0 Å². The standard InChI is InChI=1S/C45H51Cl3NO11P/c1-3-5-25-56-61(52,57-26-6-4-2)60-42-39(49-43(50)45(46,47)48)41(59-44(51)55-29-37-35-23-15-13-21-33(35)34-22-14-16-24-36(34)37)40(54-28-32-19-11-8-12-20-32)38(58-42)30-53-27-31-17-9-7-10-18-31/h7-24,37-42H,3-6,25-30H2,1-2H3,(H,49,50)/t38-,39-,40+,41-,42?/m1/s1. The summed E-state index contributed by atoms with van der Waals surface area (Å²) >= 11 is 18.3. The minimum atomic E-state index is -4.43. The molecule has 1 aliphatic heterocycles. The maximum absolute atomic E-state index is 14.4. The Labute approximate surface area is 371 Å². The first-order valence-electron chi connectivity index (χ1n) is 20.4. The summed E-state index contributed by atoms with van der Waals surface area (Å²) in [6.07, 6.45) is -3.99. The molecule has 1 amide bonds. The van der Waals surface area contributed by atoms with Gasteiger partial charge in [0.15, 0.2) is 12.4 Å². The van der Waals surface area contributed by atoms with Crippen LogP contribution in [0.5, 0.6) is 0 Å². The Morgan fingerprint density at radius 2 is 1.26 bits per heavy atom. The van der Waals surface area contributed by atoms with Gasteiger partial charge in [-0.2, -0.15) is 0 Å². The van der Waals surface area contributed by atoms with Gasteiger partial charge in [-0.3, -0.25) is 18.4 Å². The van der Waals surface area contributed by atoms with Gasteiger partial charge < -0.3 is 29.0 Å². The lowest BCUT2D eigenvalue weighted by atomic mass is 9.96. The Morgan fingerprint density at radius 1 is 0.721 bits per heavy atom. The molecule has 4 aromatic rings. The molecule has 61 heavy (non-hydrogen) atoms. The van der Waals surface area contributed by atoms with E-state index < -0.39 is 54.3 Å². The van der Waals surface area contributed by atoms with Crippen LogP contribution in [0.3, 0.4) is 0 Å². The van der Waals surface area contributed by atoms with E-state index in [0.717, 1.165) is 46.2 Å². The molecule has 0 aromatic heterocycles. The van der Waals surface area contributed by atoms with Gasteiger partial charge in [-0.1, -0.05) is 171 Å². The number of hydrogen-bond donors (Lipinski definition) is 1. The van der Waals surface area contributed by atoms with Crippen LogP contribution in [0.15, 0.2) is 109 Å². The predicted octanol–water partition coefficient (Wildman–Crippen LogP) is 10.5. The highest BCUT2D eigenvalue weighted by Crippen LogP contribution is 2.53. The predicted molar refractivity (Wildman–Crippen MR) is 232 cm³/mol. The molecule has 1 saturated heterocycles. The third-order valence-corrected chi connectivity index (χ3v) is 12.1. The largest absolute Gasteiger partial charge is 0.508 e. The number of benzene rings is 4. The Bertz CT molecular complexity index is 2000. The molecule has 1 N–H and O–H groups in total. The van der Waals surface area contributed by atoms with Gasteiger partial charge in [0.25, 0.3) is 9.70 Å². The van der Waals surface area contributed by atoms with Gasteiger partial charge in [-0.25, -0.2) is 9.36 Å². The second kappa shape index (κ2) is 22.7. The molecule has 0 spiro atoms. The number of fused-ring (bicyclic) bond motifs is 3. The Balaban J connectivity index is 1.35. The highest BCUT2D eigenvalue weighted by molar-refractivity contribution is 7.48. The highest BCUT2D eigenvalue weighted by Gasteiger charge is 2.54. The van der Waals surface area contributed by atoms with Crippen molar-refractivity contribution in [3.63, 3.8) is 0 Å². The molecule has 0 saturated carbocycles. The fraction of sp³-hybridized carbons (Fsp3) is 0.422. The van der Waals surface area contributed by atoms with E-state index in [-0.39, 0.29) is 45.6 Å². The maximum atomic E-state index is 14.4. The number of carbonyl (C=O) groups excluding carboxylic acids is 2. The van der Waals surface area contributed by atoms with Crippen LogP contribution in [0.2, 0.25) is 0 Å². The van der Waals surface area contributed by atoms with E-state index in [2.05, 4.69) is 5.32 Å². The van der Waals surface area contributed by atoms with E-state index >= 15 is 0 Å². The molecule has 12 nitrogen and oxygen atoms in total. The smallest absolute Gasteiger partial charge is 0.433 e. The van der Waals surface area contributed by atoms with Gasteiger partial charge in [0.1, 0.15) is 24.9 Å². The second-order valence-electron chi connectivity index (χ2n) is 14.6. The summed E-state index contributed by atoms with van der Waals surface area (Å²) in [6.45, 7) is 3.94. The number of alkyl halides is 3. The summed E-state index contributed by atoms with van der Waals surface area (Å²) in [6, 6.07) is 33.0. The number of amides is 1. The van der Waals surface area contributed by atoms with E-state index in [1.165, 1.54) is 0 Å². The van der Waals surface area contributed by atoms with Crippen LogP contribution in [0.1, 0.15) is 67.7 Å². The zero-order valence-electron chi connectivity index (χ0n) is 34.0. The quantitative estimate of drug-likeness (QED) is 0.0370. The number of nitrogens with one attached hydrogen (secondary N) is 1. The van der Waals surface area contributed by atoms with Crippen LogP contribution >= 0.6 is 42.6 Å². The average molecular weight is 919 g/mol. The van der Waals surface area contributed by atoms with Crippen LogP contribution in [0, 0.1) is 0 Å². The van der Waals surface area contributed by atoms with Gasteiger partial charge in [-0.15, -0.1) is 0 Å². The lowest BCUT2D eigenvalue weighted by Crippen LogP contribution is -2.67. The molecule has 0 bridgehead atoms. The molecule has 2 aliphatic rings. The van der Waals surface area contributed by atoms with E-state index in [0.29, 0.717) is 12.8 Å². The summed E-state index contributed by atoms with van der Waals surface area (Å²) < 4.78 is 60.8. The lowest BCUT2D eigenvalue weighted by Gasteiger charge is -2.46. The number of carbonyl (C=O) groups is 2. The number of ether oxygens (including phenoxy) is 5. The molecule has 16 heteroatoms. The molecule has 6 rings (SSSR count). The Kier molecular flexibility index (Phi) is 17.5. The van der Waals surface area contributed by atoms with E-state index in [1.54, 1.807) is 0 Å². The monoisotopic (exact) mass is 917 g/mol. The van der Waals surface area contributed by atoms with Crippen molar-refractivity contribution >= 4 is 54.7 Å². The summed E-state index contributed by atoms with van der Waals surface area (Å²) in [4.78, 5) is 27.6. The van der Waals surface area contributed by atoms with Crippen LogP contribution in [0.4, 0.5) is 4.79 Å². The van der Waals surface area contributed by atoms with Crippen molar-refractivity contribution in [2.45, 2.75) is 93.1 Å². The fourth-order valence-corrected chi connectivity index (χ4v) is 8.59. The summed E-state index contributed by atoms with van der Waals surface area (Å²) in [7, 11) is -4.43. The highest BCUT2D eigenvalue weighted by atomic mass is 35.6. The van der Waals surface area contributed by atoms with Crippen molar-refractivity contribution < 1.29 is 51.4 Å². The van der Waals surface area contributed by atoms with E-state index in [1.807, 2.05) is 123 Å². The summed E-state index contributed by atoms with van der Waals surface area (Å²) in [5.74, 6) is -1.41. The number of phosphoric acid groups is 1. The van der Waals surface area contributed by atoms with Gasteiger partial charge >= 0.3 is 14.0 Å². The summed E-state index contributed by atoms with van der Waals surface area (Å²) in [5.41, 5.74) is 5.72. The topological polar surface area (TPSA) is 137 Å². The van der Waals surface area contributed by atoms with Crippen LogP contribution in [-0.4, -0.2) is 72.9 Å². The number of halogens is 3. The first-order chi connectivity index (χ1) is 29.5. The van der Waals surface area contributed by atoms with E-state index in [9.17, 15) is 14.2 Å². The number of hydrogen-bond acceptors (Lipinski definition) is 11. The molecule has 4 aromatic carbocycles. The van der Waals surface area contributed by atoms with Crippen molar-refractivity contribution in [2.75, 3.05) is 26.4 Å². The van der Waals surface area contributed by atoms with Crippen molar-refractivity contribution in [1.82, 2.24) is 5.32 Å². The molecule has 328 valence electrons. The molecule has 1 unspecified atom stereocenters. The Morgan fingerprint density at radius 3 is 1.82 bits per heavy atom. The van der Waals surface area contributed by atoms with Gasteiger partial charge in [0, 0.05) is 5.92 Å². The molecule has 1 fully saturated rings. The second-order valence-corrected chi connectivity index (χ2v) is 18.5. The van der Waals surface area contributed by atoms with Crippen LogP contribution < -0.4 is 5.32 Å². The van der Waals surface area contributed by atoms with Crippen molar-refractivity contribution in [2.24, 2.45) is 0 Å². The van der Waals surface area contributed by atoms with Gasteiger partial charge in [-0.05, 0) is 46.2 Å². The minimum absolute atomic E-state index is 0.0179. The third kappa shape index (κ3) is 13.0. The maximum Gasteiger partial charge on any atom is 0.508 e. The SMILES string of the molecule is CCCCOP(=O)(OCCCC)OC1O[C@H](COCc2ccccc2)[C@H](OCc2ccccc2)[C@H](OC(=O)OCC2c3ccccc3-c3ccccc32)[C@H]1NC(=O)C(Cl)(Cl)Cl.